The van der Waals surface area contributed by atoms with Gasteiger partial charge in [0.15, 0.2) is 0 Å². The molecule has 0 spiro atoms. The minimum atomic E-state index is -1.06. The molecule has 143 valence electrons. The molecule has 0 heterocycles. The van der Waals surface area contributed by atoms with Crippen LogP contribution >= 0.6 is 0 Å². The number of carboxylic acid groups (broad SMARTS) is 4. The number of aromatic carboxylic acids is 4. The van der Waals surface area contributed by atoms with Gasteiger partial charge in [-0.2, -0.15) is 0 Å². The summed E-state index contributed by atoms with van der Waals surface area (Å²) in [6, 6.07) is 10.0. The molecular weight excluding hydrogens is 438 g/mol. The molecule has 0 fully saturated rings. The maximum atomic E-state index is 10.3. The molecule has 0 saturated carbocycles. The zero-order valence-electron chi connectivity index (χ0n) is 12.7. The molecule has 0 aliphatic rings. The van der Waals surface area contributed by atoms with Crippen LogP contribution < -0.4 is 0 Å². The Morgan fingerprint density at radius 3 is 0.654 bits per heavy atom. The number of rotatable bonds is 4. The van der Waals surface area contributed by atoms with Gasteiger partial charge in [0.2, 0.25) is 0 Å². The van der Waals surface area contributed by atoms with Crippen LogP contribution in [0.25, 0.3) is 0 Å². The number of hydrogen-bond acceptors (Lipinski definition) is 4. The van der Waals surface area contributed by atoms with Crippen molar-refractivity contribution in [1.82, 2.24) is 0 Å². The Kier molecular flexibility index (Phi) is 11.6. The van der Waals surface area contributed by atoms with Gasteiger partial charge in [0.1, 0.15) is 0 Å². The summed E-state index contributed by atoms with van der Waals surface area (Å²) in [4.78, 5) is 41.3. The van der Waals surface area contributed by atoms with Gasteiger partial charge in [-0.15, -0.1) is 0 Å². The van der Waals surface area contributed by atoms with E-state index in [1.807, 2.05) is 0 Å². The van der Waals surface area contributed by atoms with E-state index in [1.165, 1.54) is 48.5 Å². The molecule has 0 aromatic heterocycles. The Bertz CT molecular complexity index is 638. The van der Waals surface area contributed by atoms with E-state index in [2.05, 4.69) is 0 Å². The molecule has 10 heteroatoms. The maximum Gasteiger partial charge on any atom is 0.335 e. The van der Waals surface area contributed by atoms with Gasteiger partial charge in [-0.25, -0.2) is 19.2 Å². The molecule has 1 radical (unpaired) electrons. The van der Waals surface area contributed by atoms with Crippen molar-refractivity contribution >= 4 is 23.9 Å². The van der Waals surface area contributed by atoms with Crippen molar-refractivity contribution in [2.45, 2.75) is 0 Å². The van der Waals surface area contributed by atoms with Gasteiger partial charge in [0, 0.05) is 33.3 Å². The number of carbonyl (C=O) groups is 4. The van der Waals surface area contributed by atoms with Crippen LogP contribution in [0, 0.1) is 0 Å². The van der Waals surface area contributed by atoms with E-state index in [9.17, 15) is 19.2 Å². The molecule has 0 aliphatic carbocycles. The van der Waals surface area contributed by atoms with Crippen LogP contribution in [-0.4, -0.2) is 44.3 Å². The summed E-state index contributed by atoms with van der Waals surface area (Å²) in [5.41, 5.74) is 0.333. The first-order chi connectivity index (χ1) is 11.2. The maximum absolute atomic E-state index is 10.3. The van der Waals surface area contributed by atoms with Gasteiger partial charge in [-0.05, 0) is 48.5 Å². The zero-order chi connectivity index (χ0) is 18.3. The predicted octanol–water partition coefficient (Wildman–Crippen LogP) is 2.16. The summed E-state index contributed by atoms with van der Waals surface area (Å²) in [7, 11) is 0. The molecule has 0 atom stereocenters. The Balaban J connectivity index is 0. The smallest absolute Gasteiger partial charge is 0.335 e. The second-order valence-corrected chi connectivity index (χ2v) is 4.38. The second kappa shape index (κ2) is 11.8. The summed E-state index contributed by atoms with van der Waals surface area (Å²) in [6.45, 7) is 0. The van der Waals surface area contributed by atoms with E-state index in [0.29, 0.717) is 0 Å². The third kappa shape index (κ3) is 7.93. The SMILES string of the molecule is O=C(O)c1ccc(C(=O)O)cc1.O=C(O)c1ccc(C(=O)O)cc1.[Co].[Ni]. The minimum absolute atomic E-state index is 0. The van der Waals surface area contributed by atoms with E-state index >= 15 is 0 Å². The molecule has 8 nitrogen and oxygen atoms in total. The van der Waals surface area contributed by atoms with E-state index in [0.717, 1.165) is 0 Å². The van der Waals surface area contributed by atoms with Gasteiger partial charge in [-0.3, -0.25) is 0 Å². The number of carboxylic acids is 4. The fourth-order valence-corrected chi connectivity index (χ4v) is 1.51. The van der Waals surface area contributed by atoms with Crippen molar-refractivity contribution in [2.75, 3.05) is 0 Å². The van der Waals surface area contributed by atoms with Crippen molar-refractivity contribution in [2.24, 2.45) is 0 Å². The third-order valence-corrected chi connectivity index (χ3v) is 2.76. The van der Waals surface area contributed by atoms with E-state index < -0.39 is 23.9 Å². The van der Waals surface area contributed by atoms with E-state index in [4.69, 9.17) is 20.4 Å². The summed E-state index contributed by atoms with van der Waals surface area (Å²) in [5, 5.41) is 33.9. The first-order valence-corrected chi connectivity index (χ1v) is 6.35. The number of hydrogen-bond donors (Lipinski definition) is 4. The summed E-state index contributed by atoms with van der Waals surface area (Å²) < 4.78 is 0. The predicted molar refractivity (Wildman–Crippen MR) is 80.7 cm³/mol. The van der Waals surface area contributed by atoms with Gasteiger partial charge in [-0.1, -0.05) is 0 Å². The monoisotopic (exact) mass is 449 g/mol. The quantitative estimate of drug-likeness (QED) is 0.518. The standard InChI is InChI=1S/2C8H6O4.Co.Ni/c2*9-7(10)5-1-2-6(4-3-5)8(11)12;;/h2*1-4H,(H,9,10)(H,11,12);;. The summed E-state index contributed by atoms with van der Waals surface area (Å²) in [6.07, 6.45) is 0. The van der Waals surface area contributed by atoms with Crippen LogP contribution in [0.4, 0.5) is 0 Å². The number of benzene rings is 2. The Labute approximate surface area is 167 Å². The van der Waals surface area contributed by atoms with Crippen molar-refractivity contribution in [3.05, 3.63) is 70.8 Å². The molecule has 2 aromatic rings. The molecule has 0 unspecified atom stereocenters. The summed E-state index contributed by atoms with van der Waals surface area (Å²) in [5.74, 6) is -4.25. The van der Waals surface area contributed by atoms with Crippen molar-refractivity contribution < 1.29 is 72.9 Å². The molecule has 0 aliphatic heterocycles. The fraction of sp³-hybridized carbons (Fsp3) is 0. The minimum Gasteiger partial charge on any atom is -0.478 e. The van der Waals surface area contributed by atoms with Gasteiger partial charge in [0.25, 0.3) is 0 Å². The van der Waals surface area contributed by atoms with E-state index in [-0.39, 0.29) is 55.5 Å². The van der Waals surface area contributed by atoms with Gasteiger partial charge in [0.05, 0.1) is 22.3 Å². The average molecular weight is 450 g/mol. The second-order valence-electron chi connectivity index (χ2n) is 4.38. The van der Waals surface area contributed by atoms with Crippen LogP contribution in [0.3, 0.4) is 0 Å². The van der Waals surface area contributed by atoms with Crippen molar-refractivity contribution in [3.8, 4) is 0 Å². The Morgan fingerprint density at radius 1 is 0.462 bits per heavy atom. The molecule has 0 amide bonds. The van der Waals surface area contributed by atoms with Crippen LogP contribution in [-0.2, 0) is 33.3 Å². The van der Waals surface area contributed by atoms with Crippen LogP contribution in [0.2, 0.25) is 0 Å². The van der Waals surface area contributed by atoms with E-state index in [1.54, 1.807) is 0 Å². The van der Waals surface area contributed by atoms with Crippen LogP contribution in [0.5, 0.6) is 0 Å². The molecule has 2 rings (SSSR count). The zero-order valence-corrected chi connectivity index (χ0v) is 14.7. The molecule has 4 N–H and O–H groups in total. The molecular formula is C16H12CoNiO8. The van der Waals surface area contributed by atoms with Gasteiger partial charge < -0.3 is 20.4 Å². The van der Waals surface area contributed by atoms with Crippen LogP contribution in [0.1, 0.15) is 41.4 Å². The average Bonchev–Trinajstić information content (AvgIpc) is 2.55. The Morgan fingerprint density at radius 2 is 0.577 bits per heavy atom. The van der Waals surface area contributed by atoms with Crippen molar-refractivity contribution in [3.63, 3.8) is 0 Å². The van der Waals surface area contributed by atoms with Crippen molar-refractivity contribution in [1.29, 1.82) is 0 Å². The molecule has 26 heavy (non-hydrogen) atoms. The van der Waals surface area contributed by atoms with Crippen LogP contribution in [0.15, 0.2) is 48.5 Å². The third-order valence-electron chi connectivity index (χ3n) is 2.76. The first kappa shape index (κ1) is 25.6. The summed E-state index contributed by atoms with van der Waals surface area (Å²) >= 11 is 0. The van der Waals surface area contributed by atoms with Gasteiger partial charge >= 0.3 is 23.9 Å². The normalized spacial score (nSPS) is 8.62. The Hall–Kier alpha value is -2.68. The fourth-order valence-electron chi connectivity index (χ4n) is 1.51. The molecule has 2 aromatic carbocycles. The first-order valence-electron chi connectivity index (χ1n) is 6.35. The molecule has 0 saturated heterocycles. The molecule has 0 bridgehead atoms. The largest absolute Gasteiger partial charge is 0.478 e. The topological polar surface area (TPSA) is 149 Å².